The normalized spacial score (nSPS) is 44.2. The molecule has 1 saturated heterocycles. The van der Waals surface area contributed by atoms with Crippen molar-refractivity contribution < 1.29 is 9.18 Å². The molecule has 0 radical (unpaired) electrons. The summed E-state index contributed by atoms with van der Waals surface area (Å²) in [5.41, 5.74) is 0. The number of nitrogens with one attached hydrogen (secondary N) is 1. The highest BCUT2D eigenvalue weighted by Crippen LogP contribution is 2.42. The molecule has 102 valence electrons. The van der Waals surface area contributed by atoms with Gasteiger partial charge in [-0.05, 0) is 44.6 Å². The maximum absolute atomic E-state index is 13.3. The zero-order valence-corrected chi connectivity index (χ0v) is 11.1. The molecule has 2 saturated carbocycles. The van der Waals surface area contributed by atoms with Crippen LogP contribution in [-0.4, -0.2) is 42.7 Å². The molecular weight excluding hydrogens is 231 g/mol. The van der Waals surface area contributed by atoms with E-state index in [4.69, 9.17) is 0 Å². The number of alkyl halides is 1. The minimum Gasteiger partial charge on any atom is -0.351 e. The standard InChI is InChI=1S/C14H23FN2O/c1-17-8-11(15)7-12(17)14(18)16-13-9-3-2-4-10(13)6-5-9/h9-13H,2-8H2,1H3,(H,16,18)/t9?,10?,11-,12-,13?/m0/s1. The quantitative estimate of drug-likeness (QED) is 0.814. The first-order valence-electron chi connectivity index (χ1n) is 7.30. The highest BCUT2D eigenvalue weighted by atomic mass is 19.1. The van der Waals surface area contributed by atoms with Gasteiger partial charge in [0.2, 0.25) is 5.91 Å². The van der Waals surface area contributed by atoms with Gasteiger partial charge in [0, 0.05) is 19.0 Å². The molecule has 1 aliphatic heterocycles. The third-order valence-corrected chi connectivity index (χ3v) is 5.18. The predicted molar refractivity (Wildman–Crippen MR) is 67.9 cm³/mol. The van der Waals surface area contributed by atoms with Crippen molar-refractivity contribution in [2.75, 3.05) is 13.6 Å². The number of carbonyl (C=O) groups excluding carboxylic acids is 1. The fourth-order valence-corrected chi connectivity index (χ4v) is 4.20. The van der Waals surface area contributed by atoms with Crippen molar-refractivity contribution in [3.8, 4) is 0 Å². The summed E-state index contributed by atoms with van der Waals surface area (Å²) in [7, 11) is 1.85. The Labute approximate surface area is 108 Å². The Bertz CT molecular complexity index is 320. The lowest BCUT2D eigenvalue weighted by atomic mass is 9.84. The van der Waals surface area contributed by atoms with Gasteiger partial charge in [-0.15, -0.1) is 0 Å². The van der Waals surface area contributed by atoms with E-state index in [1.807, 2.05) is 11.9 Å². The summed E-state index contributed by atoms with van der Waals surface area (Å²) in [5, 5.41) is 3.23. The molecule has 4 atom stereocenters. The molecule has 1 N–H and O–H groups in total. The van der Waals surface area contributed by atoms with E-state index < -0.39 is 6.17 Å². The Balaban J connectivity index is 1.61. The van der Waals surface area contributed by atoms with E-state index in [0.29, 0.717) is 30.8 Å². The highest BCUT2D eigenvalue weighted by Gasteiger charge is 2.42. The van der Waals surface area contributed by atoms with Crippen molar-refractivity contribution in [1.29, 1.82) is 0 Å². The molecule has 2 bridgehead atoms. The lowest BCUT2D eigenvalue weighted by Crippen LogP contribution is -2.50. The number of likely N-dealkylation sites (tertiary alicyclic amines) is 1. The Kier molecular flexibility index (Phi) is 3.31. The summed E-state index contributed by atoms with van der Waals surface area (Å²) in [6, 6.07) is 0.125. The average Bonchev–Trinajstić information content (AvgIpc) is 2.75. The zero-order chi connectivity index (χ0) is 12.7. The average molecular weight is 254 g/mol. The van der Waals surface area contributed by atoms with Crippen molar-refractivity contribution >= 4 is 5.91 Å². The molecule has 3 nitrogen and oxygen atoms in total. The van der Waals surface area contributed by atoms with Gasteiger partial charge in [0.15, 0.2) is 0 Å². The van der Waals surface area contributed by atoms with Crippen LogP contribution in [0.1, 0.15) is 38.5 Å². The number of likely N-dealkylation sites (N-methyl/N-ethyl adjacent to an activating group) is 1. The van der Waals surface area contributed by atoms with Gasteiger partial charge in [0.05, 0.1) is 6.04 Å². The molecule has 4 heteroatoms. The van der Waals surface area contributed by atoms with Gasteiger partial charge in [0.1, 0.15) is 6.17 Å². The minimum absolute atomic E-state index is 0.0569. The van der Waals surface area contributed by atoms with Crippen LogP contribution in [0, 0.1) is 11.8 Å². The van der Waals surface area contributed by atoms with Gasteiger partial charge in [-0.25, -0.2) is 4.39 Å². The lowest BCUT2D eigenvalue weighted by Gasteiger charge is -2.32. The van der Waals surface area contributed by atoms with Crippen molar-refractivity contribution in [2.45, 2.75) is 56.8 Å². The van der Waals surface area contributed by atoms with E-state index in [1.165, 1.54) is 32.1 Å². The van der Waals surface area contributed by atoms with Crippen molar-refractivity contribution in [1.82, 2.24) is 10.2 Å². The lowest BCUT2D eigenvalue weighted by molar-refractivity contribution is -0.126. The monoisotopic (exact) mass is 254 g/mol. The van der Waals surface area contributed by atoms with Crippen LogP contribution >= 0.6 is 0 Å². The Hall–Kier alpha value is -0.640. The molecule has 2 aliphatic carbocycles. The summed E-state index contributed by atoms with van der Waals surface area (Å²) >= 11 is 0. The first kappa shape index (κ1) is 12.4. The van der Waals surface area contributed by atoms with Gasteiger partial charge in [-0.3, -0.25) is 9.69 Å². The van der Waals surface area contributed by atoms with Crippen LogP contribution in [-0.2, 0) is 4.79 Å². The largest absolute Gasteiger partial charge is 0.351 e. The molecule has 0 aromatic rings. The molecule has 0 aromatic carbocycles. The zero-order valence-electron chi connectivity index (χ0n) is 11.1. The molecule has 18 heavy (non-hydrogen) atoms. The number of fused-ring (bicyclic) bond motifs is 2. The van der Waals surface area contributed by atoms with Crippen molar-refractivity contribution in [2.24, 2.45) is 11.8 Å². The molecule has 3 fully saturated rings. The number of hydrogen-bond donors (Lipinski definition) is 1. The second kappa shape index (κ2) is 4.80. The Morgan fingerprint density at radius 3 is 2.44 bits per heavy atom. The Morgan fingerprint density at radius 2 is 1.89 bits per heavy atom. The van der Waals surface area contributed by atoms with Gasteiger partial charge in [0.25, 0.3) is 0 Å². The molecular formula is C14H23FN2O. The van der Waals surface area contributed by atoms with Crippen LogP contribution in [0.15, 0.2) is 0 Å². The molecule has 0 aromatic heterocycles. The smallest absolute Gasteiger partial charge is 0.237 e. The molecule has 1 heterocycles. The van der Waals surface area contributed by atoms with Crippen LogP contribution in [0.3, 0.4) is 0 Å². The fraction of sp³-hybridized carbons (Fsp3) is 0.929. The fourth-order valence-electron chi connectivity index (χ4n) is 4.20. The number of nitrogens with zero attached hydrogens (tertiary/aromatic N) is 1. The van der Waals surface area contributed by atoms with Crippen LogP contribution in [0.2, 0.25) is 0 Å². The first-order chi connectivity index (χ1) is 8.65. The summed E-state index contributed by atoms with van der Waals surface area (Å²) in [6.45, 7) is 0.398. The SMILES string of the molecule is CN1C[C@@H](F)C[C@H]1C(=O)NC1C2CCCC1CC2. The van der Waals surface area contributed by atoms with Crippen molar-refractivity contribution in [3.63, 3.8) is 0 Å². The Morgan fingerprint density at radius 1 is 1.22 bits per heavy atom. The second-order valence-electron chi connectivity index (χ2n) is 6.35. The van der Waals surface area contributed by atoms with E-state index in [1.54, 1.807) is 0 Å². The molecule has 2 unspecified atom stereocenters. The van der Waals surface area contributed by atoms with E-state index in [-0.39, 0.29) is 11.9 Å². The van der Waals surface area contributed by atoms with E-state index in [9.17, 15) is 9.18 Å². The summed E-state index contributed by atoms with van der Waals surface area (Å²) in [4.78, 5) is 14.1. The van der Waals surface area contributed by atoms with Gasteiger partial charge < -0.3 is 5.32 Å². The number of halogens is 1. The topological polar surface area (TPSA) is 32.3 Å². The van der Waals surface area contributed by atoms with E-state index in [0.717, 1.165) is 0 Å². The van der Waals surface area contributed by atoms with E-state index in [2.05, 4.69) is 5.32 Å². The van der Waals surface area contributed by atoms with Crippen LogP contribution in [0.4, 0.5) is 4.39 Å². The second-order valence-corrected chi connectivity index (χ2v) is 6.35. The number of hydrogen-bond acceptors (Lipinski definition) is 2. The van der Waals surface area contributed by atoms with Gasteiger partial charge in [-0.1, -0.05) is 6.42 Å². The molecule has 0 spiro atoms. The van der Waals surface area contributed by atoms with E-state index >= 15 is 0 Å². The highest BCUT2D eigenvalue weighted by molar-refractivity contribution is 5.82. The van der Waals surface area contributed by atoms with Gasteiger partial charge >= 0.3 is 0 Å². The number of rotatable bonds is 2. The van der Waals surface area contributed by atoms with Gasteiger partial charge in [-0.2, -0.15) is 0 Å². The summed E-state index contributed by atoms with van der Waals surface area (Å²) < 4.78 is 13.3. The van der Waals surface area contributed by atoms with Crippen LogP contribution < -0.4 is 5.32 Å². The predicted octanol–water partition coefficient (Wildman–Crippen LogP) is 1.72. The number of carbonyl (C=O) groups is 1. The van der Waals surface area contributed by atoms with Crippen LogP contribution in [0.5, 0.6) is 0 Å². The number of amides is 1. The summed E-state index contributed by atoms with van der Waals surface area (Å²) in [5.74, 6) is 1.42. The minimum atomic E-state index is -0.839. The third-order valence-electron chi connectivity index (χ3n) is 5.18. The maximum Gasteiger partial charge on any atom is 0.237 e. The first-order valence-corrected chi connectivity index (χ1v) is 7.30. The molecule has 3 aliphatic rings. The van der Waals surface area contributed by atoms with Crippen LogP contribution in [0.25, 0.3) is 0 Å². The van der Waals surface area contributed by atoms with Crippen molar-refractivity contribution in [3.05, 3.63) is 0 Å². The molecule has 3 rings (SSSR count). The summed E-state index contributed by atoms with van der Waals surface area (Å²) in [6.07, 6.45) is 5.89. The third kappa shape index (κ3) is 2.15. The maximum atomic E-state index is 13.3. The molecule has 1 amide bonds.